The molecule has 9 heteroatoms. The van der Waals surface area contributed by atoms with Crippen LogP contribution in [0.2, 0.25) is 0 Å². The normalized spacial score (nSPS) is 16.1. The lowest BCUT2D eigenvalue weighted by Gasteiger charge is -2.33. The Bertz CT molecular complexity index is 1140. The van der Waals surface area contributed by atoms with E-state index < -0.39 is 28.6 Å². The summed E-state index contributed by atoms with van der Waals surface area (Å²) in [6.07, 6.45) is 1.70. The van der Waals surface area contributed by atoms with Gasteiger partial charge in [-0.25, -0.2) is 14.0 Å². The number of nitrogens with two attached hydrogens (primary N) is 1. The Hall–Kier alpha value is -3.38. The van der Waals surface area contributed by atoms with Crippen LogP contribution in [0.5, 0.6) is 0 Å². The Balaban J connectivity index is 2.12. The molecule has 1 fully saturated rings. The smallest absolute Gasteiger partial charge is 0.339 e. The number of carbonyl (C=O) groups is 1. The maximum Gasteiger partial charge on any atom is 0.339 e. The van der Waals surface area contributed by atoms with Crippen LogP contribution in [-0.4, -0.2) is 39.3 Å². The molecule has 1 aliphatic rings. The third-order valence-corrected chi connectivity index (χ3v) is 5.09. The molecule has 1 atom stereocenters. The van der Waals surface area contributed by atoms with Gasteiger partial charge in [0.2, 0.25) is 0 Å². The number of anilines is 1. The zero-order chi connectivity index (χ0) is 21.8. The van der Waals surface area contributed by atoms with Crippen molar-refractivity contribution < 1.29 is 14.3 Å². The van der Waals surface area contributed by atoms with Crippen LogP contribution in [0.25, 0.3) is 0 Å². The van der Waals surface area contributed by atoms with Gasteiger partial charge < -0.3 is 15.7 Å². The minimum Gasteiger partial charge on any atom is -0.478 e. The molecular weight excluding hydrogens is 391 g/mol. The van der Waals surface area contributed by atoms with E-state index in [-0.39, 0.29) is 24.7 Å². The van der Waals surface area contributed by atoms with Crippen LogP contribution in [-0.2, 0) is 13.1 Å². The van der Waals surface area contributed by atoms with E-state index in [9.17, 15) is 23.9 Å². The lowest BCUT2D eigenvalue weighted by Crippen LogP contribution is -2.48. The molecule has 0 saturated carbocycles. The van der Waals surface area contributed by atoms with Crippen molar-refractivity contribution in [2.24, 2.45) is 5.73 Å². The first-order valence-corrected chi connectivity index (χ1v) is 9.59. The minimum atomic E-state index is -1.47. The van der Waals surface area contributed by atoms with Crippen LogP contribution < -0.4 is 21.9 Å². The molecule has 0 aliphatic carbocycles. The predicted octanol–water partition coefficient (Wildman–Crippen LogP) is 0.846. The zero-order valence-corrected chi connectivity index (χ0v) is 16.6. The molecule has 30 heavy (non-hydrogen) atoms. The van der Waals surface area contributed by atoms with Crippen molar-refractivity contribution >= 4 is 11.8 Å². The van der Waals surface area contributed by atoms with Gasteiger partial charge in [-0.1, -0.05) is 18.1 Å². The zero-order valence-electron chi connectivity index (χ0n) is 16.6. The third kappa shape index (κ3) is 4.28. The molecular formula is C21H23FN4O4. The molecule has 8 nitrogen and oxygen atoms in total. The molecule has 1 saturated heterocycles. The van der Waals surface area contributed by atoms with Crippen LogP contribution in [0.1, 0.15) is 35.7 Å². The van der Waals surface area contributed by atoms with Gasteiger partial charge in [0.25, 0.3) is 5.56 Å². The van der Waals surface area contributed by atoms with Crippen molar-refractivity contribution in [3.63, 3.8) is 0 Å². The minimum absolute atomic E-state index is 0.0302. The summed E-state index contributed by atoms with van der Waals surface area (Å²) in [7, 11) is 0. The number of hydrogen-bond donors (Lipinski definition) is 2. The maximum absolute atomic E-state index is 14.0. The molecule has 3 N–H and O–H groups in total. The Kier molecular flexibility index (Phi) is 6.37. The molecule has 1 aromatic heterocycles. The fourth-order valence-electron chi connectivity index (χ4n) is 3.65. The summed E-state index contributed by atoms with van der Waals surface area (Å²) in [6, 6.07) is 5.01. The van der Waals surface area contributed by atoms with E-state index in [0.717, 1.165) is 23.5 Å². The van der Waals surface area contributed by atoms with Crippen LogP contribution in [0.3, 0.4) is 0 Å². The quantitative estimate of drug-likeness (QED) is 0.702. The number of carboxylic acid groups (broad SMARTS) is 1. The molecule has 0 radical (unpaired) electrons. The van der Waals surface area contributed by atoms with Crippen LogP contribution >= 0.6 is 0 Å². The predicted molar refractivity (Wildman–Crippen MR) is 110 cm³/mol. The summed E-state index contributed by atoms with van der Waals surface area (Å²) < 4.78 is 16.3. The van der Waals surface area contributed by atoms with Crippen molar-refractivity contribution in [2.45, 2.75) is 38.9 Å². The summed E-state index contributed by atoms with van der Waals surface area (Å²) in [4.78, 5) is 39.3. The maximum atomic E-state index is 14.0. The fraction of sp³-hybridized carbons (Fsp3) is 0.381. The SMILES string of the molecule is CC#CCn1c(N2CCCC(N)C2)cc(=O)n(Cc2cccc(F)c2C(=O)O)c1=O. The molecule has 0 amide bonds. The number of carboxylic acids is 1. The highest BCUT2D eigenvalue weighted by Crippen LogP contribution is 2.18. The van der Waals surface area contributed by atoms with E-state index in [2.05, 4.69) is 11.8 Å². The number of halogens is 1. The standard InChI is InChI=1S/C21H23FN4O4/c1-2-3-10-25-17(24-9-5-7-15(23)13-24)11-18(27)26(21(25)30)12-14-6-4-8-16(22)19(14)20(28)29/h4,6,8,11,15H,5,7,9-10,12-13,23H2,1H3,(H,28,29). The fourth-order valence-corrected chi connectivity index (χ4v) is 3.65. The highest BCUT2D eigenvalue weighted by atomic mass is 19.1. The first kappa shape index (κ1) is 21.3. The molecule has 1 aromatic carbocycles. The highest BCUT2D eigenvalue weighted by molar-refractivity contribution is 5.89. The van der Waals surface area contributed by atoms with Gasteiger partial charge >= 0.3 is 11.7 Å². The second-order valence-corrected chi connectivity index (χ2v) is 7.15. The van der Waals surface area contributed by atoms with Gasteiger partial charge in [-0.3, -0.25) is 13.9 Å². The number of benzene rings is 1. The van der Waals surface area contributed by atoms with E-state index in [1.807, 2.05) is 4.90 Å². The number of aromatic carboxylic acids is 1. The number of piperidine rings is 1. The van der Waals surface area contributed by atoms with Crippen molar-refractivity contribution in [3.8, 4) is 11.8 Å². The Labute approximate surface area is 172 Å². The molecule has 1 unspecified atom stereocenters. The van der Waals surface area contributed by atoms with Crippen LogP contribution in [0.4, 0.5) is 10.2 Å². The molecule has 1 aliphatic heterocycles. The second kappa shape index (κ2) is 8.97. The monoisotopic (exact) mass is 414 g/mol. The molecule has 3 rings (SSSR count). The van der Waals surface area contributed by atoms with E-state index in [1.165, 1.54) is 22.8 Å². The van der Waals surface area contributed by atoms with Crippen molar-refractivity contribution in [1.82, 2.24) is 9.13 Å². The summed E-state index contributed by atoms with van der Waals surface area (Å²) >= 11 is 0. The average molecular weight is 414 g/mol. The van der Waals surface area contributed by atoms with Gasteiger partial charge in [-0.05, 0) is 31.4 Å². The number of hydrogen-bond acceptors (Lipinski definition) is 5. The molecule has 0 bridgehead atoms. The number of rotatable bonds is 5. The Morgan fingerprint density at radius 2 is 2.10 bits per heavy atom. The molecule has 2 aromatic rings. The topological polar surface area (TPSA) is 111 Å². The largest absolute Gasteiger partial charge is 0.478 e. The second-order valence-electron chi connectivity index (χ2n) is 7.15. The van der Waals surface area contributed by atoms with E-state index >= 15 is 0 Å². The van der Waals surface area contributed by atoms with E-state index in [1.54, 1.807) is 6.92 Å². The lowest BCUT2D eigenvalue weighted by atomic mass is 10.1. The van der Waals surface area contributed by atoms with Gasteiger partial charge in [0, 0.05) is 25.2 Å². The van der Waals surface area contributed by atoms with E-state index in [4.69, 9.17) is 5.73 Å². The first-order chi connectivity index (χ1) is 14.3. The molecule has 0 spiro atoms. The van der Waals surface area contributed by atoms with Gasteiger partial charge in [0.1, 0.15) is 17.2 Å². The third-order valence-electron chi connectivity index (χ3n) is 5.09. The summed E-state index contributed by atoms with van der Waals surface area (Å²) in [6.45, 7) is 2.50. The van der Waals surface area contributed by atoms with Crippen molar-refractivity contribution in [3.05, 3.63) is 62.0 Å². The van der Waals surface area contributed by atoms with Crippen molar-refractivity contribution in [2.75, 3.05) is 18.0 Å². The van der Waals surface area contributed by atoms with Gasteiger partial charge in [-0.15, -0.1) is 5.92 Å². The first-order valence-electron chi connectivity index (χ1n) is 9.59. The summed E-state index contributed by atoms with van der Waals surface area (Å²) in [5, 5.41) is 9.33. The van der Waals surface area contributed by atoms with Gasteiger partial charge in [0.15, 0.2) is 0 Å². The molecule has 158 valence electrons. The molecule has 2 heterocycles. The average Bonchev–Trinajstić information content (AvgIpc) is 2.70. The van der Waals surface area contributed by atoms with Gasteiger partial charge in [0.05, 0.1) is 13.1 Å². The highest BCUT2D eigenvalue weighted by Gasteiger charge is 2.23. The summed E-state index contributed by atoms with van der Waals surface area (Å²) in [5.74, 6) is 3.60. The van der Waals surface area contributed by atoms with E-state index in [0.29, 0.717) is 18.9 Å². The van der Waals surface area contributed by atoms with Gasteiger partial charge in [-0.2, -0.15) is 0 Å². The Morgan fingerprint density at radius 1 is 1.33 bits per heavy atom. The number of aromatic nitrogens is 2. The summed E-state index contributed by atoms with van der Waals surface area (Å²) in [5.41, 5.74) is 4.28. The number of nitrogens with zero attached hydrogens (tertiary/aromatic N) is 3. The van der Waals surface area contributed by atoms with Crippen LogP contribution in [0, 0.1) is 17.7 Å². The van der Waals surface area contributed by atoms with Crippen molar-refractivity contribution in [1.29, 1.82) is 0 Å². The van der Waals surface area contributed by atoms with Crippen LogP contribution in [0.15, 0.2) is 33.9 Å². The Morgan fingerprint density at radius 3 is 2.77 bits per heavy atom. The lowest BCUT2D eigenvalue weighted by molar-refractivity contribution is 0.0690.